The summed E-state index contributed by atoms with van der Waals surface area (Å²) in [6.07, 6.45) is -4.51. The summed E-state index contributed by atoms with van der Waals surface area (Å²) in [6, 6.07) is -1.94. The maximum atomic E-state index is 13.4. The molecule has 0 aliphatic heterocycles. The lowest BCUT2D eigenvalue weighted by molar-refractivity contribution is -0.344. The summed E-state index contributed by atoms with van der Waals surface area (Å²) in [5.41, 5.74) is 0. The van der Waals surface area contributed by atoms with Crippen LogP contribution in [0.4, 0.5) is 30.7 Å². The fourth-order valence-corrected chi connectivity index (χ4v) is 2.56. The van der Waals surface area contributed by atoms with Crippen LogP contribution in [0.1, 0.15) is 45.4 Å². The Morgan fingerprint density at radius 2 is 1.40 bits per heavy atom. The van der Waals surface area contributed by atoms with Gasteiger partial charge in [-0.15, -0.1) is 0 Å². The van der Waals surface area contributed by atoms with E-state index in [0.29, 0.717) is 25.7 Å². The fourth-order valence-electron chi connectivity index (χ4n) is 2.56. The number of hydrogen-bond donors (Lipinski definition) is 2. The number of nitrogens with one attached hydrogen (secondary N) is 2. The Morgan fingerprint density at radius 3 is 1.84 bits per heavy atom. The summed E-state index contributed by atoms with van der Waals surface area (Å²) in [4.78, 5) is 23.0. The number of alkyl halides is 7. The zero-order valence-electron chi connectivity index (χ0n) is 13.4. The average molecular weight is 380 g/mol. The number of carbonyl (C=O) groups excluding carboxylic acids is 2. The van der Waals surface area contributed by atoms with Crippen LogP contribution in [0, 0.1) is 0 Å². The van der Waals surface area contributed by atoms with Crippen LogP contribution in [0.15, 0.2) is 0 Å². The van der Waals surface area contributed by atoms with Gasteiger partial charge in [-0.2, -0.15) is 30.7 Å². The van der Waals surface area contributed by atoms with Gasteiger partial charge in [-0.05, 0) is 19.3 Å². The van der Waals surface area contributed by atoms with Crippen LogP contribution in [-0.4, -0.2) is 41.9 Å². The number of hydrogen-bond acceptors (Lipinski definition) is 2. The summed E-state index contributed by atoms with van der Waals surface area (Å²) in [5.74, 6) is -15.6. The highest BCUT2D eigenvalue weighted by Crippen LogP contribution is 2.46. The smallest absolute Gasteiger partial charge is 0.351 e. The van der Waals surface area contributed by atoms with Crippen LogP contribution < -0.4 is 10.6 Å². The van der Waals surface area contributed by atoms with Crippen LogP contribution >= 0.6 is 0 Å². The molecule has 1 saturated carbocycles. The summed E-state index contributed by atoms with van der Waals surface area (Å²) < 4.78 is 89.0. The highest BCUT2D eigenvalue weighted by Gasteiger charge is 2.76. The summed E-state index contributed by atoms with van der Waals surface area (Å²) in [6.45, 7) is 1.72. The molecule has 0 aromatic heterocycles. The van der Waals surface area contributed by atoms with E-state index in [2.05, 4.69) is 5.32 Å². The molecule has 1 rings (SSSR count). The van der Waals surface area contributed by atoms with Gasteiger partial charge in [-0.25, -0.2) is 0 Å². The third-order valence-corrected chi connectivity index (χ3v) is 3.94. The zero-order chi connectivity index (χ0) is 19.5. The SMILES string of the molecule is CCCC(=O)N[C@@H]1CCCC[C@H]1NC(=O)C(F)(F)C(F)(F)C(F)(F)F. The molecule has 1 aliphatic rings. The lowest BCUT2D eigenvalue weighted by Gasteiger charge is -2.35. The van der Waals surface area contributed by atoms with Gasteiger partial charge in [-0.1, -0.05) is 19.8 Å². The highest BCUT2D eigenvalue weighted by molar-refractivity contribution is 5.85. The molecule has 4 nitrogen and oxygen atoms in total. The largest absolute Gasteiger partial charge is 0.460 e. The lowest BCUT2D eigenvalue weighted by Crippen LogP contribution is -2.63. The van der Waals surface area contributed by atoms with E-state index in [1.54, 1.807) is 12.2 Å². The van der Waals surface area contributed by atoms with Crippen LogP contribution in [0.3, 0.4) is 0 Å². The van der Waals surface area contributed by atoms with Gasteiger partial charge < -0.3 is 10.6 Å². The van der Waals surface area contributed by atoms with E-state index in [4.69, 9.17) is 0 Å². The van der Waals surface area contributed by atoms with Crippen molar-refractivity contribution in [1.82, 2.24) is 10.6 Å². The van der Waals surface area contributed by atoms with Crippen molar-refractivity contribution in [2.24, 2.45) is 0 Å². The Balaban J connectivity index is 2.86. The molecule has 0 radical (unpaired) electrons. The van der Waals surface area contributed by atoms with Crippen LogP contribution in [0.5, 0.6) is 0 Å². The molecule has 2 atom stereocenters. The first kappa shape index (κ1) is 21.5. The van der Waals surface area contributed by atoms with E-state index in [-0.39, 0.29) is 12.8 Å². The molecule has 0 aromatic rings. The third kappa shape index (κ3) is 4.75. The van der Waals surface area contributed by atoms with Crippen molar-refractivity contribution in [3.63, 3.8) is 0 Å². The lowest BCUT2D eigenvalue weighted by atomic mass is 9.89. The molecule has 0 spiro atoms. The van der Waals surface area contributed by atoms with Crippen LogP contribution in [-0.2, 0) is 9.59 Å². The Bertz CT molecular complexity index is 494. The van der Waals surface area contributed by atoms with E-state index >= 15 is 0 Å². The molecule has 1 aliphatic carbocycles. The van der Waals surface area contributed by atoms with E-state index in [1.807, 2.05) is 0 Å². The van der Waals surface area contributed by atoms with Crippen LogP contribution in [0.25, 0.3) is 0 Å². The van der Waals surface area contributed by atoms with E-state index < -0.39 is 41.9 Å². The molecule has 2 amide bonds. The monoisotopic (exact) mass is 380 g/mol. The van der Waals surface area contributed by atoms with E-state index in [9.17, 15) is 40.3 Å². The van der Waals surface area contributed by atoms with Crippen molar-refractivity contribution in [3.8, 4) is 0 Å². The Kier molecular flexibility index (Phi) is 6.68. The Labute approximate surface area is 139 Å². The molecule has 0 aromatic carbocycles. The summed E-state index contributed by atoms with van der Waals surface area (Å²) in [5, 5.41) is 4.04. The molecule has 0 bridgehead atoms. The van der Waals surface area contributed by atoms with Gasteiger partial charge in [0, 0.05) is 18.5 Å². The number of rotatable bonds is 6. The predicted octanol–water partition coefficient (Wildman–Crippen LogP) is 3.16. The normalized spacial score (nSPS) is 22.4. The fraction of sp³-hybridized carbons (Fsp3) is 0.857. The molecule has 0 saturated heterocycles. The molecule has 146 valence electrons. The number of carbonyl (C=O) groups is 2. The van der Waals surface area contributed by atoms with Crippen molar-refractivity contribution in [2.75, 3.05) is 0 Å². The number of amides is 2. The second-order valence-electron chi connectivity index (χ2n) is 5.93. The summed E-state index contributed by atoms with van der Waals surface area (Å²) >= 11 is 0. The minimum absolute atomic E-state index is 0.0798. The zero-order valence-corrected chi connectivity index (χ0v) is 13.4. The molecule has 25 heavy (non-hydrogen) atoms. The van der Waals surface area contributed by atoms with Gasteiger partial charge in [0.2, 0.25) is 5.91 Å². The van der Waals surface area contributed by atoms with E-state index in [0.717, 1.165) is 0 Å². The Morgan fingerprint density at radius 1 is 0.920 bits per heavy atom. The molecule has 0 heterocycles. The average Bonchev–Trinajstić information content (AvgIpc) is 2.48. The molecular weight excluding hydrogens is 361 g/mol. The molecule has 2 N–H and O–H groups in total. The molecule has 11 heteroatoms. The van der Waals surface area contributed by atoms with Gasteiger partial charge in [0.05, 0.1) is 0 Å². The van der Waals surface area contributed by atoms with Gasteiger partial charge in [0.1, 0.15) is 0 Å². The molecule has 0 unspecified atom stereocenters. The summed E-state index contributed by atoms with van der Waals surface area (Å²) in [7, 11) is 0. The van der Waals surface area contributed by atoms with Crippen molar-refractivity contribution >= 4 is 11.8 Å². The van der Waals surface area contributed by atoms with Gasteiger partial charge >= 0.3 is 18.0 Å². The minimum Gasteiger partial charge on any atom is -0.351 e. The van der Waals surface area contributed by atoms with Gasteiger partial charge in [0.15, 0.2) is 0 Å². The molecule has 1 fully saturated rings. The third-order valence-electron chi connectivity index (χ3n) is 3.94. The molecular formula is C14H19F7N2O2. The first-order valence-corrected chi connectivity index (χ1v) is 7.77. The Hall–Kier alpha value is -1.55. The van der Waals surface area contributed by atoms with Crippen LogP contribution in [0.2, 0.25) is 0 Å². The standard InChI is InChI=1S/C14H19F7N2O2/c1-2-5-10(24)22-8-6-3-4-7-9(8)23-11(25)12(15,16)13(17,18)14(19,20)21/h8-9H,2-7H2,1H3,(H,22,24)(H,23,25)/t8-,9-/m1/s1. The van der Waals surface area contributed by atoms with Gasteiger partial charge in [-0.3, -0.25) is 9.59 Å². The first-order chi connectivity index (χ1) is 11.3. The quantitative estimate of drug-likeness (QED) is 0.696. The number of halogens is 7. The van der Waals surface area contributed by atoms with E-state index in [1.165, 1.54) is 0 Å². The maximum Gasteiger partial charge on any atom is 0.460 e. The van der Waals surface area contributed by atoms with Crippen molar-refractivity contribution < 1.29 is 40.3 Å². The predicted molar refractivity (Wildman–Crippen MR) is 73.2 cm³/mol. The highest BCUT2D eigenvalue weighted by atomic mass is 19.4. The second kappa shape index (κ2) is 7.77. The minimum atomic E-state index is -6.57. The topological polar surface area (TPSA) is 58.2 Å². The second-order valence-corrected chi connectivity index (χ2v) is 5.93. The first-order valence-electron chi connectivity index (χ1n) is 7.77. The maximum absolute atomic E-state index is 13.4. The van der Waals surface area contributed by atoms with Crippen molar-refractivity contribution in [2.45, 2.75) is 75.6 Å². The van der Waals surface area contributed by atoms with Crippen molar-refractivity contribution in [1.29, 1.82) is 0 Å². The van der Waals surface area contributed by atoms with Gasteiger partial charge in [0.25, 0.3) is 5.91 Å². The van der Waals surface area contributed by atoms with Crippen molar-refractivity contribution in [3.05, 3.63) is 0 Å².